The molecule has 1 aromatic rings. The smallest absolute Gasteiger partial charge is 0.348 e. The third-order valence-corrected chi connectivity index (χ3v) is 5.40. The Balaban J connectivity index is 1.77. The summed E-state index contributed by atoms with van der Waals surface area (Å²) in [6.45, 7) is 0.123. The molecule has 0 spiro atoms. The van der Waals surface area contributed by atoms with Crippen LogP contribution < -0.4 is 4.90 Å². The van der Waals surface area contributed by atoms with Crippen molar-refractivity contribution in [2.24, 2.45) is 5.92 Å². The van der Waals surface area contributed by atoms with E-state index in [0.717, 1.165) is 0 Å². The summed E-state index contributed by atoms with van der Waals surface area (Å²) in [5.74, 6) is -2.84. The topological polar surface area (TPSA) is 6.48 Å². The summed E-state index contributed by atoms with van der Waals surface area (Å²) in [7, 11) is 0. The summed E-state index contributed by atoms with van der Waals surface area (Å²) < 4.78 is 68.2. The number of para-hydroxylation sites is 1. The first-order valence-electron chi connectivity index (χ1n) is 8.09. The van der Waals surface area contributed by atoms with Gasteiger partial charge in [0.15, 0.2) is 0 Å². The van der Waals surface area contributed by atoms with Gasteiger partial charge in [0.2, 0.25) is 12.1 Å². The van der Waals surface area contributed by atoms with Crippen molar-refractivity contribution in [2.75, 3.05) is 11.4 Å². The Morgan fingerprint density at radius 2 is 1.72 bits per heavy atom. The zero-order valence-electron chi connectivity index (χ0n) is 13.3. The largest absolute Gasteiger partial charge is 0.427 e. The molecule has 2 nitrogen and oxygen atoms in total. The second kappa shape index (κ2) is 6.78. The van der Waals surface area contributed by atoms with Crippen LogP contribution in [0.1, 0.15) is 25.7 Å². The monoisotopic (exact) mass is 424 g/mol. The minimum atomic E-state index is -4.47. The van der Waals surface area contributed by atoms with E-state index in [0.29, 0.717) is 10.2 Å². The van der Waals surface area contributed by atoms with E-state index in [1.165, 1.54) is 22.2 Å². The molecule has 0 N–H and O–H groups in total. The summed E-state index contributed by atoms with van der Waals surface area (Å²) in [5.41, 5.74) is 0.416. The van der Waals surface area contributed by atoms with Crippen LogP contribution in [0.25, 0.3) is 0 Å². The number of nitrogens with zero attached hydrogens (tertiary/aromatic N) is 2. The van der Waals surface area contributed by atoms with E-state index >= 15 is 0 Å². The molecule has 1 aromatic carbocycles. The third kappa shape index (κ3) is 4.10. The first kappa shape index (κ1) is 18.5. The van der Waals surface area contributed by atoms with Crippen molar-refractivity contribution >= 4 is 21.6 Å². The van der Waals surface area contributed by atoms with E-state index < -0.39 is 18.3 Å². The van der Waals surface area contributed by atoms with Crippen molar-refractivity contribution in [3.63, 3.8) is 0 Å². The van der Waals surface area contributed by atoms with Gasteiger partial charge in [0.25, 0.3) is 0 Å². The highest BCUT2D eigenvalue weighted by molar-refractivity contribution is 9.10. The maximum absolute atomic E-state index is 13.7. The van der Waals surface area contributed by atoms with Crippen LogP contribution in [0.5, 0.6) is 0 Å². The third-order valence-electron chi connectivity index (χ3n) is 4.73. The van der Waals surface area contributed by atoms with Crippen molar-refractivity contribution < 1.29 is 22.0 Å². The van der Waals surface area contributed by atoms with Crippen LogP contribution in [0.2, 0.25) is 0 Å². The molecule has 2 aliphatic rings. The molecule has 0 radical (unpaired) electrons. The summed E-state index contributed by atoms with van der Waals surface area (Å²) in [4.78, 5) is 2.38. The molecule has 0 amide bonds. The van der Waals surface area contributed by atoms with Crippen LogP contribution in [0, 0.1) is 5.92 Å². The highest BCUT2D eigenvalue weighted by Gasteiger charge is 2.50. The Labute approximate surface area is 151 Å². The number of hydrogen-bond acceptors (Lipinski definition) is 2. The second-order valence-electron chi connectivity index (χ2n) is 6.57. The Morgan fingerprint density at radius 1 is 1.08 bits per heavy atom. The van der Waals surface area contributed by atoms with E-state index in [-0.39, 0.29) is 38.1 Å². The molecule has 1 aliphatic heterocycles. The van der Waals surface area contributed by atoms with Gasteiger partial charge in [-0.25, -0.2) is 8.78 Å². The number of benzene rings is 1. The van der Waals surface area contributed by atoms with Crippen molar-refractivity contribution in [1.82, 2.24) is 4.90 Å². The average molecular weight is 425 g/mol. The summed E-state index contributed by atoms with van der Waals surface area (Å²) >= 11 is 3.29. The molecule has 25 heavy (non-hydrogen) atoms. The molecule has 3 rings (SSSR count). The minimum absolute atomic E-state index is 0.123. The Bertz CT molecular complexity index is 636. The molecule has 1 saturated carbocycles. The molecule has 0 aromatic heterocycles. The van der Waals surface area contributed by atoms with Crippen molar-refractivity contribution in [2.45, 2.75) is 43.9 Å². The average Bonchev–Trinajstić information content (AvgIpc) is 2.93. The molecular formula is C17H18BrF5N2. The van der Waals surface area contributed by atoms with Crippen LogP contribution in [-0.4, -0.2) is 29.7 Å². The van der Waals surface area contributed by atoms with Gasteiger partial charge < -0.3 is 9.80 Å². The highest BCUT2D eigenvalue weighted by Crippen LogP contribution is 2.41. The number of halogens is 6. The summed E-state index contributed by atoms with van der Waals surface area (Å²) in [6, 6.07) is 6.70. The highest BCUT2D eigenvalue weighted by atomic mass is 79.9. The van der Waals surface area contributed by atoms with Crippen LogP contribution in [0.4, 0.5) is 27.6 Å². The molecule has 8 heteroatoms. The molecule has 1 aliphatic carbocycles. The lowest BCUT2D eigenvalue weighted by molar-refractivity contribution is -0.174. The first-order valence-corrected chi connectivity index (χ1v) is 8.88. The zero-order chi connectivity index (χ0) is 18.2. The van der Waals surface area contributed by atoms with Crippen LogP contribution in [0.3, 0.4) is 0 Å². The molecule has 1 fully saturated rings. The lowest BCUT2D eigenvalue weighted by Gasteiger charge is -2.37. The molecule has 0 saturated heterocycles. The van der Waals surface area contributed by atoms with Gasteiger partial charge in [-0.3, -0.25) is 0 Å². The predicted molar refractivity (Wildman–Crippen MR) is 89.2 cm³/mol. The van der Waals surface area contributed by atoms with E-state index in [2.05, 4.69) is 15.9 Å². The molecule has 138 valence electrons. The van der Waals surface area contributed by atoms with E-state index in [1.54, 1.807) is 24.3 Å². The SMILES string of the molecule is FC1(F)CCC(CN2C=CN(c3ccccc3Br)C2C(F)(F)F)CC1. The standard InChI is InChI=1S/C17H18BrF5N2/c18-13-3-1-2-4-14(13)25-10-9-24(15(25)17(21,22)23)11-12-5-7-16(19,20)8-6-12/h1-4,9-10,12,15H,5-8,11H2. The van der Waals surface area contributed by atoms with Crippen LogP contribution in [0.15, 0.2) is 41.1 Å². The van der Waals surface area contributed by atoms with Gasteiger partial charge in [-0.1, -0.05) is 12.1 Å². The van der Waals surface area contributed by atoms with E-state index in [4.69, 9.17) is 0 Å². The molecule has 1 unspecified atom stereocenters. The fraction of sp³-hybridized carbons (Fsp3) is 0.529. The normalized spacial score (nSPS) is 24.2. The number of hydrogen-bond donors (Lipinski definition) is 0. The van der Waals surface area contributed by atoms with Crippen molar-refractivity contribution in [3.05, 3.63) is 41.1 Å². The second-order valence-corrected chi connectivity index (χ2v) is 7.42. The van der Waals surface area contributed by atoms with Gasteiger partial charge >= 0.3 is 6.18 Å². The van der Waals surface area contributed by atoms with Gasteiger partial charge in [0, 0.05) is 36.3 Å². The number of rotatable bonds is 3. The Morgan fingerprint density at radius 3 is 2.32 bits per heavy atom. The maximum Gasteiger partial charge on any atom is 0.427 e. The quantitative estimate of drug-likeness (QED) is 0.569. The molecule has 1 atom stereocenters. The lowest BCUT2D eigenvalue weighted by atomic mass is 9.86. The lowest BCUT2D eigenvalue weighted by Crippen LogP contribution is -2.51. The summed E-state index contributed by atoms with van der Waals surface area (Å²) in [6.07, 6.45) is -3.50. The number of alkyl halides is 5. The molecular weight excluding hydrogens is 407 g/mol. The van der Waals surface area contributed by atoms with Gasteiger partial charge in [0.05, 0.1) is 5.69 Å². The fourth-order valence-corrected chi connectivity index (χ4v) is 3.93. The van der Waals surface area contributed by atoms with Gasteiger partial charge in [0.1, 0.15) is 0 Å². The Hall–Kier alpha value is -1.31. The number of anilines is 1. The van der Waals surface area contributed by atoms with E-state index in [9.17, 15) is 22.0 Å². The zero-order valence-corrected chi connectivity index (χ0v) is 14.9. The van der Waals surface area contributed by atoms with Crippen molar-refractivity contribution in [1.29, 1.82) is 0 Å². The van der Waals surface area contributed by atoms with Crippen molar-refractivity contribution in [3.8, 4) is 0 Å². The minimum Gasteiger partial charge on any atom is -0.348 e. The van der Waals surface area contributed by atoms with Crippen LogP contribution >= 0.6 is 15.9 Å². The molecule has 0 bridgehead atoms. The van der Waals surface area contributed by atoms with Crippen LogP contribution in [-0.2, 0) is 0 Å². The maximum atomic E-state index is 13.7. The molecule has 1 heterocycles. The van der Waals surface area contributed by atoms with Gasteiger partial charge in [-0.2, -0.15) is 13.2 Å². The van der Waals surface area contributed by atoms with Gasteiger partial charge in [-0.05, 0) is 46.8 Å². The summed E-state index contributed by atoms with van der Waals surface area (Å²) in [5, 5.41) is 0. The first-order chi connectivity index (χ1) is 11.7. The predicted octanol–water partition coefficient (Wildman–Crippen LogP) is 5.76. The fourth-order valence-electron chi connectivity index (χ4n) is 3.44. The van der Waals surface area contributed by atoms with Gasteiger partial charge in [-0.15, -0.1) is 0 Å². The van der Waals surface area contributed by atoms with E-state index in [1.807, 2.05) is 0 Å². The Kier molecular flexibility index (Phi) is 5.01.